The van der Waals surface area contributed by atoms with Gasteiger partial charge in [-0.05, 0) is 85.8 Å². The monoisotopic (exact) mass is 508 g/mol. The predicted molar refractivity (Wildman–Crippen MR) is 143 cm³/mol. The fraction of sp³-hybridized carbons (Fsp3) is 0.677. The summed E-state index contributed by atoms with van der Waals surface area (Å²) in [5, 5.41) is 8.09. The van der Waals surface area contributed by atoms with Crippen LogP contribution < -0.4 is 10.6 Å². The van der Waals surface area contributed by atoms with Crippen LogP contribution in [0.25, 0.3) is 0 Å². The molecule has 2 N–H and O–H groups in total. The first kappa shape index (κ1) is 24.5. The number of rotatable bonds is 3. The highest BCUT2D eigenvalue weighted by Crippen LogP contribution is 2.64. The highest BCUT2D eigenvalue weighted by atomic mass is 35.5. The van der Waals surface area contributed by atoms with E-state index in [0.717, 1.165) is 69.4 Å². The van der Waals surface area contributed by atoms with Gasteiger partial charge in [-0.15, -0.1) is 0 Å². The standard InChI is InChI=1S/C31H41ClN2O2/c1-29-17-13-25-23(19-33-27-18-22(35)12-16-30(25,27)2)24(29)10-11-26(29)28(36)34-31(14-4-3-5-15-31)20-6-8-21(32)9-7-20/h6-9,18,23-26,33H,3-5,10-17,19H2,1-2H3,(H,34,36)/t23-,24-,25+,26?,29-,30+/m0/s1. The van der Waals surface area contributed by atoms with E-state index in [4.69, 9.17) is 11.6 Å². The summed E-state index contributed by atoms with van der Waals surface area (Å²) < 4.78 is 0. The van der Waals surface area contributed by atoms with E-state index in [1.54, 1.807) is 0 Å². The molecule has 6 rings (SSSR count). The summed E-state index contributed by atoms with van der Waals surface area (Å²) in [7, 11) is 0. The van der Waals surface area contributed by atoms with Gasteiger partial charge in [-0.2, -0.15) is 0 Å². The van der Waals surface area contributed by atoms with Crippen LogP contribution in [0.5, 0.6) is 0 Å². The second-order valence-electron chi connectivity index (χ2n) is 13.0. The Hall–Kier alpha value is -1.81. The lowest BCUT2D eigenvalue weighted by Gasteiger charge is -2.58. The number of nitrogens with one attached hydrogen (secondary N) is 2. The molecule has 4 nitrogen and oxygen atoms in total. The molecule has 5 heteroatoms. The second-order valence-corrected chi connectivity index (χ2v) is 13.4. The topological polar surface area (TPSA) is 58.2 Å². The van der Waals surface area contributed by atoms with Crippen molar-refractivity contribution in [2.75, 3.05) is 6.54 Å². The van der Waals surface area contributed by atoms with Gasteiger partial charge < -0.3 is 10.6 Å². The molecule has 1 heterocycles. The molecule has 1 saturated heterocycles. The summed E-state index contributed by atoms with van der Waals surface area (Å²) in [6.45, 7) is 5.75. The molecule has 1 aromatic rings. The third-order valence-corrected chi connectivity index (χ3v) is 11.6. The normalized spacial score (nSPS) is 39.2. The van der Waals surface area contributed by atoms with Crippen molar-refractivity contribution in [1.82, 2.24) is 10.6 Å². The number of allylic oxidation sites excluding steroid dienone is 2. The summed E-state index contributed by atoms with van der Waals surface area (Å²) in [6.07, 6.45) is 13.5. The zero-order valence-corrected chi connectivity index (χ0v) is 22.6. The van der Waals surface area contributed by atoms with Gasteiger partial charge in [0, 0.05) is 41.1 Å². The Labute approximate surface area is 221 Å². The zero-order chi connectivity index (χ0) is 25.1. The summed E-state index contributed by atoms with van der Waals surface area (Å²) in [4.78, 5) is 26.2. The van der Waals surface area contributed by atoms with E-state index in [1.807, 2.05) is 18.2 Å². The third-order valence-electron chi connectivity index (χ3n) is 11.4. The smallest absolute Gasteiger partial charge is 0.224 e. The van der Waals surface area contributed by atoms with Crippen LogP contribution >= 0.6 is 11.6 Å². The zero-order valence-electron chi connectivity index (χ0n) is 21.9. The van der Waals surface area contributed by atoms with E-state index in [1.165, 1.54) is 17.7 Å². The Bertz CT molecular complexity index is 1070. The molecule has 1 aromatic carbocycles. The van der Waals surface area contributed by atoms with Crippen LogP contribution in [0.15, 0.2) is 36.0 Å². The Kier molecular flexibility index (Phi) is 6.06. The summed E-state index contributed by atoms with van der Waals surface area (Å²) in [6, 6.07) is 8.16. The molecular formula is C31H41ClN2O2. The van der Waals surface area contributed by atoms with Gasteiger partial charge in [0.25, 0.3) is 0 Å². The summed E-state index contributed by atoms with van der Waals surface area (Å²) in [5.41, 5.74) is 2.25. The second kappa shape index (κ2) is 8.89. The van der Waals surface area contributed by atoms with Crippen molar-refractivity contribution in [1.29, 1.82) is 0 Å². The SMILES string of the molecule is C[C@]12CCC(=O)C=C1NC[C@@H]1[C@H]2CC[C@]2(C)C(C(=O)NC3(c4ccc(Cl)cc4)CCCCC3)CC[C@@H]12. The number of ketones is 1. The van der Waals surface area contributed by atoms with Crippen LogP contribution in [0, 0.1) is 34.5 Å². The van der Waals surface area contributed by atoms with Gasteiger partial charge in [-0.3, -0.25) is 9.59 Å². The molecule has 36 heavy (non-hydrogen) atoms. The molecule has 0 bridgehead atoms. The average molecular weight is 509 g/mol. The van der Waals surface area contributed by atoms with Gasteiger partial charge in [0.2, 0.25) is 5.91 Å². The third kappa shape index (κ3) is 3.77. The van der Waals surface area contributed by atoms with Gasteiger partial charge in [0.15, 0.2) is 5.78 Å². The molecule has 4 fully saturated rings. The van der Waals surface area contributed by atoms with Crippen molar-refractivity contribution in [2.45, 2.75) is 90.0 Å². The lowest BCUT2D eigenvalue weighted by Crippen LogP contribution is -2.58. The Morgan fingerprint density at radius 1 is 0.972 bits per heavy atom. The fourth-order valence-electron chi connectivity index (χ4n) is 9.31. The number of carbonyl (C=O) groups excluding carboxylic acids is 2. The predicted octanol–water partition coefficient (Wildman–Crippen LogP) is 6.53. The maximum atomic E-state index is 14.1. The van der Waals surface area contributed by atoms with E-state index >= 15 is 0 Å². The minimum absolute atomic E-state index is 0.0465. The lowest BCUT2D eigenvalue weighted by atomic mass is 9.50. The van der Waals surface area contributed by atoms with Crippen molar-refractivity contribution >= 4 is 23.3 Å². The molecule has 5 aliphatic rings. The number of piperidine rings is 1. The highest BCUT2D eigenvalue weighted by Gasteiger charge is 2.60. The average Bonchev–Trinajstić information content (AvgIpc) is 3.23. The molecule has 3 saturated carbocycles. The van der Waals surface area contributed by atoms with E-state index in [2.05, 4.69) is 36.6 Å². The largest absolute Gasteiger partial charge is 0.387 e. The maximum absolute atomic E-state index is 14.1. The fourth-order valence-corrected chi connectivity index (χ4v) is 9.43. The summed E-state index contributed by atoms with van der Waals surface area (Å²) in [5.74, 6) is 2.37. The van der Waals surface area contributed by atoms with Crippen molar-refractivity contribution in [3.63, 3.8) is 0 Å². The van der Waals surface area contributed by atoms with Crippen LogP contribution in [-0.4, -0.2) is 18.2 Å². The lowest BCUT2D eigenvalue weighted by molar-refractivity contribution is -0.135. The van der Waals surface area contributed by atoms with Crippen LogP contribution in [0.1, 0.15) is 90.0 Å². The van der Waals surface area contributed by atoms with Crippen LogP contribution in [0.3, 0.4) is 0 Å². The van der Waals surface area contributed by atoms with Crippen LogP contribution in [0.4, 0.5) is 0 Å². The van der Waals surface area contributed by atoms with Crippen molar-refractivity contribution in [3.8, 4) is 0 Å². The van der Waals surface area contributed by atoms with E-state index in [9.17, 15) is 9.59 Å². The maximum Gasteiger partial charge on any atom is 0.224 e. The molecule has 0 spiro atoms. The molecule has 1 unspecified atom stereocenters. The minimum atomic E-state index is -0.264. The number of hydrogen-bond donors (Lipinski definition) is 2. The Morgan fingerprint density at radius 2 is 1.72 bits per heavy atom. The van der Waals surface area contributed by atoms with E-state index < -0.39 is 0 Å². The molecular weight excluding hydrogens is 468 g/mol. The minimum Gasteiger partial charge on any atom is -0.387 e. The number of benzene rings is 1. The molecule has 1 aliphatic heterocycles. The van der Waals surface area contributed by atoms with Gasteiger partial charge in [0.1, 0.15) is 0 Å². The number of carbonyl (C=O) groups is 2. The number of halogens is 1. The van der Waals surface area contributed by atoms with Gasteiger partial charge in [-0.1, -0.05) is 56.8 Å². The van der Waals surface area contributed by atoms with Gasteiger partial charge in [-0.25, -0.2) is 0 Å². The first-order chi connectivity index (χ1) is 17.3. The molecule has 6 atom stereocenters. The van der Waals surface area contributed by atoms with E-state index in [-0.39, 0.29) is 34.0 Å². The van der Waals surface area contributed by atoms with Gasteiger partial charge in [0.05, 0.1) is 5.54 Å². The summed E-state index contributed by atoms with van der Waals surface area (Å²) >= 11 is 6.20. The van der Waals surface area contributed by atoms with Crippen molar-refractivity contribution in [2.24, 2.45) is 34.5 Å². The molecule has 1 amide bonds. The first-order valence-electron chi connectivity index (χ1n) is 14.3. The highest BCUT2D eigenvalue weighted by molar-refractivity contribution is 6.30. The van der Waals surface area contributed by atoms with Crippen LogP contribution in [-0.2, 0) is 15.1 Å². The number of amides is 1. The Morgan fingerprint density at radius 3 is 2.47 bits per heavy atom. The number of hydrogen-bond acceptors (Lipinski definition) is 3. The van der Waals surface area contributed by atoms with Crippen molar-refractivity contribution < 1.29 is 9.59 Å². The molecule has 0 radical (unpaired) electrons. The van der Waals surface area contributed by atoms with Crippen molar-refractivity contribution in [3.05, 3.63) is 46.6 Å². The van der Waals surface area contributed by atoms with E-state index in [0.29, 0.717) is 24.2 Å². The number of fused-ring (bicyclic) bond motifs is 5. The first-order valence-corrected chi connectivity index (χ1v) is 14.7. The molecule has 4 aliphatic carbocycles. The van der Waals surface area contributed by atoms with Crippen LogP contribution in [0.2, 0.25) is 5.02 Å². The Balaban J connectivity index is 1.24. The quantitative estimate of drug-likeness (QED) is 0.488. The molecule has 0 aromatic heterocycles. The van der Waals surface area contributed by atoms with Gasteiger partial charge >= 0.3 is 0 Å². The molecule has 194 valence electrons.